The number of nitrogens with zero attached hydrogens (tertiary/aromatic N) is 1. The molecule has 1 aliphatic carbocycles. The molecule has 2 aromatic rings. The second-order valence-corrected chi connectivity index (χ2v) is 7.30. The van der Waals surface area contributed by atoms with Crippen molar-refractivity contribution in [1.29, 1.82) is 0 Å². The number of hydrogen-bond donors (Lipinski definition) is 0. The van der Waals surface area contributed by atoms with Gasteiger partial charge in [-0.2, -0.15) is 0 Å². The summed E-state index contributed by atoms with van der Waals surface area (Å²) in [5, 5.41) is 0. The minimum atomic E-state index is -0.370. The Hall–Kier alpha value is -3.36. The van der Waals surface area contributed by atoms with E-state index in [2.05, 4.69) is 4.90 Å². The van der Waals surface area contributed by atoms with Crippen molar-refractivity contribution < 1.29 is 33.3 Å². The summed E-state index contributed by atoms with van der Waals surface area (Å²) in [7, 11) is 0. The fraction of sp³-hybridized carbons (Fsp3) is 0.304. The normalized spacial score (nSPS) is 17.9. The van der Waals surface area contributed by atoms with E-state index in [9.17, 15) is 9.59 Å². The van der Waals surface area contributed by atoms with Gasteiger partial charge >= 0.3 is 0 Å². The number of carbonyl (C=O) groups excluding carboxylic acids is 2. The smallest absolute Gasteiger partial charge is 0.231 e. The van der Waals surface area contributed by atoms with E-state index in [1.54, 1.807) is 36.4 Å². The molecule has 1 saturated heterocycles. The largest absolute Gasteiger partial charge is 0.491 e. The maximum atomic E-state index is 13.0. The Balaban J connectivity index is 1.31. The van der Waals surface area contributed by atoms with Crippen molar-refractivity contribution in [3.05, 3.63) is 59.4 Å². The number of hydrogen-bond acceptors (Lipinski definition) is 8. The lowest BCUT2D eigenvalue weighted by Crippen LogP contribution is -2.38. The van der Waals surface area contributed by atoms with Crippen LogP contribution in [-0.4, -0.2) is 62.7 Å². The fourth-order valence-electron chi connectivity index (χ4n) is 3.74. The third kappa shape index (κ3) is 3.99. The fourth-order valence-corrected chi connectivity index (χ4v) is 3.74. The molecule has 5 rings (SSSR count). The van der Waals surface area contributed by atoms with Crippen LogP contribution in [0.1, 0.15) is 20.7 Å². The average Bonchev–Trinajstić information content (AvgIpc) is 3.26. The highest BCUT2D eigenvalue weighted by molar-refractivity contribution is 6.24. The first kappa shape index (κ1) is 19.6. The third-order valence-electron chi connectivity index (χ3n) is 5.34. The van der Waals surface area contributed by atoms with Gasteiger partial charge in [0.25, 0.3) is 0 Å². The second-order valence-electron chi connectivity index (χ2n) is 7.30. The van der Waals surface area contributed by atoms with Crippen LogP contribution >= 0.6 is 0 Å². The monoisotopic (exact) mass is 423 g/mol. The molecule has 8 heteroatoms. The molecule has 3 aliphatic rings. The van der Waals surface area contributed by atoms with E-state index in [0.29, 0.717) is 42.8 Å². The molecule has 0 atom stereocenters. The number of ketones is 2. The second kappa shape index (κ2) is 8.41. The zero-order valence-corrected chi connectivity index (χ0v) is 16.8. The van der Waals surface area contributed by atoms with Gasteiger partial charge in [0.05, 0.1) is 18.8 Å². The van der Waals surface area contributed by atoms with E-state index < -0.39 is 0 Å². The maximum absolute atomic E-state index is 13.0. The van der Waals surface area contributed by atoms with Gasteiger partial charge < -0.3 is 23.7 Å². The maximum Gasteiger partial charge on any atom is 0.231 e. The van der Waals surface area contributed by atoms with Crippen LogP contribution in [0.2, 0.25) is 0 Å². The molecule has 8 nitrogen and oxygen atoms in total. The van der Waals surface area contributed by atoms with Crippen LogP contribution in [0.5, 0.6) is 23.0 Å². The Labute approximate surface area is 178 Å². The van der Waals surface area contributed by atoms with Crippen molar-refractivity contribution in [3.8, 4) is 23.0 Å². The first-order chi connectivity index (χ1) is 15.2. The summed E-state index contributed by atoms with van der Waals surface area (Å²) >= 11 is 0. The molecular weight excluding hydrogens is 402 g/mol. The van der Waals surface area contributed by atoms with Crippen molar-refractivity contribution >= 4 is 11.6 Å². The first-order valence-electron chi connectivity index (χ1n) is 10.1. The highest BCUT2D eigenvalue weighted by Gasteiger charge is 2.30. The van der Waals surface area contributed by atoms with Crippen LogP contribution in [0.4, 0.5) is 0 Å². The Morgan fingerprint density at radius 3 is 2.71 bits per heavy atom. The van der Waals surface area contributed by atoms with Crippen LogP contribution in [0.3, 0.4) is 0 Å². The quantitative estimate of drug-likeness (QED) is 0.701. The summed E-state index contributed by atoms with van der Waals surface area (Å²) < 4.78 is 27.5. The summed E-state index contributed by atoms with van der Waals surface area (Å²) in [6, 6.07) is 10.0. The predicted octanol–water partition coefficient (Wildman–Crippen LogP) is 2.47. The molecule has 0 amide bonds. The predicted molar refractivity (Wildman–Crippen MR) is 109 cm³/mol. The van der Waals surface area contributed by atoms with E-state index in [1.165, 1.54) is 6.08 Å². The van der Waals surface area contributed by atoms with Crippen molar-refractivity contribution in [2.45, 2.75) is 0 Å². The molecule has 31 heavy (non-hydrogen) atoms. The highest BCUT2D eigenvalue weighted by atomic mass is 16.7. The van der Waals surface area contributed by atoms with Gasteiger partial charge in [0.1, 0.15) is 18.1 Å². The summed E-state index contributed by atoms with van der Waals surface area (Å²) in [6.07, 6.45) is 1.21. The van der Waals surface area contributed by atoms with E-state index in [4.69, 9.17) is 23.7 Å². The zero-order valence-electron chi connectivity index (χ0n) is 16.8. The molecule has 2 heterocycles. The van der Waals surface area contributed by atoms with Gasteiger partial charge in [-0.25, -0.2) is 0 Å². The number of rotatable bonds is 6. The third-order valence-corrected chi connectivity index (χ3v) is 5.34. The summed E-state index contributed by atoms with van der Waals surface area (Å²) in [6.45, 7) is 4.43. The van der Waals surface area contributed by atoms with Crippen LogP contribution in [-0.2, 0) is 4.74 Å². The molecule has 160 valence electrons. The lowest BCUT2D eigenvalue weighted by atomic mass is 9.92. The van der Waals surface area contributed by atoms with E-state index in [-0.39, 0.29) is 35.2 Å². The standard InChI is InChI=1S/C23H21NO7/c25-17-13-21(31-15-4-5-18-20(12-15)30-14-29-18)23(26)16-2-1-3-19(22(16)17)28-11-8-24-6-9-27-10-7-24/h1-5,12-13H,6-11,14H2. The molecule has 0 saturated carbocycles. The van der Waals surface area contributed by atoms with Crippen LogP contribution < -0.4 is 18.9 Å². The van der Waals surface area contributed by atoms with Crippen LogP contribution in [0.25, 0.3) is 0 Å². The molecule has 0 unspecified atom stereocenters. The molecule has 2 aliphatic heterocycles. The SMILES string of the molecule is O=C1C(Oc2ccc3c(c2)OCO3)=CC(=O)c2c(OCCN3CCOCC3)cccc21. The number of benzene rings is 2. The topological polar surface area (TPSA) is 83.5 Å². The number of carbonyl (C=O) groups is 2. The zero-order chi connectivity index (χ0) is 21.2. The van der Waals surface area contributed by atoms with E-state index >= 15 is 0 Å². The van der Waals surface area contributed by atoms with Gasteiger partial charge in [0.2, 0.25) is 12.6 Å². The van der Waals surface area contributed by atoms with Gasteiger partial charge in [-0.05, 0) is 24.3 Å². The molecule has 2 aromatic carbocycles. The number of fused-ring (bicyclic) bond motifs is 2. The van der Waals surface area contributed by atoms with E-state index in [0.717, 1.165) is 19.6 Å². The van der Waals surface area contributed by atoms with Crippen LogP contribution in [0.15, 0.2) is 48.2 Å². The molecule has 0 bridgehead atoms. The molecular formula is C23H21NO7. The molecule has 0 aromatic heterocycles. The average molecular weight is 423 g/mol. The number of ether oxygens (including phenoxy) is 5. The van der Waals surface area contributed by atoms with E-state index in [1.807, 2.05) is 0 Å². The highest BCUT2D eigenvalue weighted by Crippen LogP contribution is 2.37. The van der Waals surface area contributed by atoms with Gasteiger partial charge in [-0.1, -0.05) is 6.07 Å². The molecule has 0 N–H and O–H groups in total. The Kier molecular flexibility index (Phi) is 5.31. The lowest BCUT2D eigenvalue weighted by Gasteiger charge is -2.26. The van der Waals surface area contributed by atoms with Gasteiger partial charge in [-0.3, -0.25) is 14.5 Å². The van der Waals surface area contributed by atoms with Gasteiger partial charge in [0, 0.05) is 37.3 Å². The van der Waals surface area contributed by atoms with Crippen molar-refractivity contribution in [2.75, 3.05) is 46.2 Å². The Morgan fingerprint density at radius 1 is 1.00 bits per heavy atom. The Bertz CT molecular complexity index is 1060. The number of allylic oxidation sites excluding steroid dienone is 2. The Morgan fingerprint density at radius 2 is 1.84 bits per heavy atom. The lowest BCUT2D eigenvalue weighted by molar-refractivity contribution is 0.0322. The van der Waals surface area contributed by atoms with Crippen molar-refractivity contribution in [1.82, 2.24) is 4.90 Å². The van der Waals surface area contributed by atoms with Crippen molar-refractivity contribution in [2.24, 2.45) is 0 Å². The molecule has 0 radical (unpaired) electrons. The number of Topliss-reactive ketones (excluding diaryl/α,β-unsaturated/α-hetero) is 1. The summed E-state index contributed by atoms with van der Waals surface area (Å²) in [5.74, 6) is 1.20. The minimum absolute atomic E-state index is 0.0400. The molecule has 0 spiro atoms. The van der Waals surface area contributed by atoms with Crippen molar-refractivity contribution in [3.63, 3.8) is 0 Å². The van der Waals surface area contributed by atoms with Gasteiger partial charge in [-0.15, -0.1) is 0 Å². The molecule has 1 fully saturated rings. The first-order valence-corrected chi connectivity index (χ1v) is 10.1. The van der Waals surface area contributed by atoms with Gasteiger partial charge in [0.15, 0.2) is 23.0 Å². The number of morpholine rings is 1. The van der Waals surface area contributed by atoms with Crippen LogP contribution in [0, 0.1) is 0 Å². The minimum Gasteiger partial charge on any atom is -0.491 e. The summed E-state index contributed by atoms with van der Waals surface area (Å²) in [5.41, 5.74) is 0.541. The summed E-state index contributed by atoms with van der Waals surface area (Å²) in [4.78, 5) is 28.1.